The Hall–Kier alpha value is -2.16. The highest BCUT2D eigenvalue weighted by Gasteiger charge is 2.45. The number of hydrogen-bond donors (Lipinski definition) is 1. The van der Waals surface area contributed by atoms with Gasteiger partial charge in [0, 0.05) is 25.7 Å². The van der Waals surface area contributed by atoms with Gasteiger partial charge in [-0.15, -0.1) is 0 Å². The number of likely N-dealkylation sites (tertiary alicyclic amines) is 1. The molecule has 1 heterocycles. The molecule has 0 radical (unpaired) electrons. The van der Waals surface area contributed by atoms with Crippen molar-refractivity contribution in [1.29, 1.82) is 0 Å². The number of rotatable bonds is 5. The van der Waals surface area contributed by atoms with Crippen LogP contribution < -0.4 is 5.32 Å². The van der Waals surface area contributed by atoms with E-state index in [4.69, 9.17) is 0 Å². The Balaban J connectivity index is 2.82. The molecule has 134 valence electrons. The molecule has 6 nitrogen and oxygen atoms in total. The minimum absolute atomic E-state index is 0.0631. The van der Waals surface area contributed by atoms with Crippen LogP contribution in [-0.2, 0) is 19.1 Å². The van der Waals surface area contributed by atoms with Crippen molar-refractivity contribution in [2.45, 2.75) is 32.5 Å². The molecule has 1 fully saturated rings. The van der Waals surface area contributed by atoms with E-state index in [9.17, 15) is 27.6 Å². The Bertz CT molecular complexity index is 557. The van der Waals surface area contributed by atoms with Crippen LogP contribution in [0.25, 0.3) is 0 Å². The van der Waals surface area contributed by atoms with Crippen molar-refractivity contribution in [1.82, 2.24) is 10.2 Å². The molecule has 1 aliphatic heterocycles. The van der Waals surface area contributed by atoms with Gasteiger partial charge in [-0.25, -0.2) is 9.59 Å². The molecule has 1 N–H and O–H groups in total. The van der Waals surface area contributed by atoms with Crippen molar-refractivity contribution in [2.24, 2.45) is 5.92 Å². The summed E-state index contributed by atoms with van der Waals surface area (Å²) < 4.78 is 40.6. The molecule has 2 atom stereocenters. The van der Waals surface area contributed by atoms with Gasteiger partial charge in [0.05, 0.1) is 0 Å². The van der Waals surface area contributed by atoms with E-state index < -0.39 is 24.2 Å². The third-order valence-electron chi connectivity index (χ3n) is 3.34. The summed E-state index contributed by atoms with van der Waals surface area (Å²) in [5, 5.41) is 2.45. The highest BCUT2D eigenvalue weighted by atomic mass is 19.4. The molecular formula is C15H19F3N2O4. The lowest BCUT2D eigenvalue weighted by molar-refractivity contribution is -0.203. The molecule has 0 bridgehead atoms. The van der Waals surface area contributed by atoms with Crippen LogP contribution in [0.2, 0.25) is 0 Å². The van der Waals surface area contributed by atoms with Gasteiger partial charge in [-0.1, -0.05) is 18.7 Å². The average molecular weight is 348 g/mol. The van der Waals surface area contributed by atoms with Gasteiger partial charge in [0.2, 0.25) is 5.91 Å². The zero-order chi connectivity index (χ0) is 18.5. The van der Waals surface area contributed by atoms with Crippen LogP contribution in [0.1, 0.15) is 20.3 Å². The predicted molar refractivity (Wildman–Crippen MR) is 78.4 cm³/mol. The van der Waals surface area contributed by atoms with Crippen LogP contribution >= 0.6 is 0 Å². The van der Waals surface area contributed by atoms with Crippen molar-refractivity contribution in [3.8, 4) is 0 Å². The first-order chi connectivity index (χ1) is 11.0. The molecule has 0 aliphatic carbocycles. The Morgan fingerprint density at radius 3 is 2.50 bits per heavy atom. The number of carbonyl (C=O) groups is 3. The minimum atomic E-state index is -5.23. The van der Waals surface area contributed by atoms with E-state index in [-0.39, 0.29) is 24.8 Å². The maximum Gasteiger partial charge on any atom is 0.491 e. The second-order valence-electron chi connectivity index (χ2n) is 5.46. The summed E-state index contributed by atoms with van der Waals surface area (Å²) in [7, 11) is 0. The number of hydrogen-bond acceptors (Lipinski definition) is 5. The summed E-state index contributed by atoms with van der Waals surface area (Å²) in [6.07, 6.45) is -1.45. The van der Waals surface area contributed by atoms with Gasteiger partial charge in [0.15, 0.2) is 0 Å². The van der Waals surface area contributed by atoms with Crippen molar-refractivity contribution in [2.75, 3.05) is 13.1 Å². The second-order valence-corrected chi connectivity index (χ2v) is 5.46. The molecule has 1 aliphatic rings. The summed E-state index contributed by atoms with van der Waals surface area (Å²) in [5.74, 6) is -4.24. The minimum Gasteiger partial charge on any atom is -0.385 e. The molecule has 24 heavy (non-hydrogen) atoms. The van der Waals surface area contributed by atoms with E-state index in [1.54, 1.807) is 13.0 Å². The quantitative estimate of drug-likeness (QED) is 0.463. The molecule has 9 heteroatoms. The smallest absolute Gasteiger partial charge is 0.385 e. The first-order valence-corrected chi connectivity index (χ1v) is 7.19. The number of nitrogens with one attached hydrogen (secondary N) is 1. The normalized spacial score (nSPS) is 21.7. The van der Waals surface area contributed by atoms with Crippen LogP contribution in [0.15, 0.2) is 24.4 Å². The van der Waals surface area contributed by atoms with Crippen molar-refractivity contribution in [3.05, 3.63) is 24.4 Å². The number of amides is 1. The van der Waals surface area contributed by atoms with E-state index in [0.717, 1.165) is 0 Å². The lowest BCUT2D eigenvalue weighted by Crippen LogP contribution is -2.42. The highest BCUT2D eigenvalue weighted by Crippen LogP contribution is 2.27. The summed E-state index contributed by atoms with van der Waals surface area (Å²) in [6, 6.07) is -1.02. The zero-order valence-corrected chi connectivity index (χ0v) is 13.4. The van der Waals surface area contributed by atoms with Gasteiger partial charge in [0.1, 0.15) is 6.04 Å². The van der Waals surface area contributed by atoms with Crippen LogP contribution in [0, 0.1) is 5.92 Å². The predicted octanol–water partition coefficient (Wildman–Crippen LogP) is 1.53. The van der Waals surface area contributed by atoms with Crippen molar-refractivity contribution < 1.29 is 32.3 Å². The lowest BCUT2D eigenvalue weighted by Gasteiger charge is -2.23. The Kier molecular flexibility index (Phi) is 6.70. The van der Waals surface area contributed by atoms with Crippen molar-refractivity contribution >= 4 is 17.8 Å². The fourth-order valence-electron chi connectivity index (χ4n) is 2.52. The first-order valence-electron chi connectivity index (χ1n) is 7.19. The topological polar surface area (TPSA) is 75.7 Å². The highest BCUT2D eigenvalue weighted by molar-refractivity contribution is 5.91. The Morgan fingerprint density at radius 2 is 2.00 bits per heavy atom. The number of alkyl halides is 3. The van der Waals surface area contributed by atoms with E-state index in [1.165, 1.54) is 11.8 Å². The molecule has 2 unspecified atom stereocenters. The van der Waals surface area contributed by atoms with E-state index >= 15 is 0 Å². The lowest BCUT2D eigenvalue weighted by atomic mass is 10.1. The van der Waals surface area contributed by atoms with Gasteiger partial charge in [0.25, 0.3) is 0 Å². The Morgan fingerprint density at radius 1 is 1.38 bits per heavy atom. The molecule has 0 aromatic carbocycles. The number of ether oxygens (including phenoxy) is 1. The number of halogens is 3. The molecule has 0 saturated carbocycles. The van der Waals surface area contributed by atoms with Gasteiger partial charge in [-0.05, 0) is 19.3 Å². The SMILES string of the molecule is C=C(CN1CC(C=CC)CC1C(=O)OC(=O)C(F)(F)F)NC(C)=O. The van der Waals surface area contributed by atoms with E-state index in [0.29, 0.717) is 12.2 Å². The number of nitrogens with zero attached hydrogens (tertiary/aromatic N) is 1. The van der Waals surface area contributed by atoms with E-state index in [1.807, 2.05) is 6.08 Å². The number of allylic oxidation sites excluding steroid dienone is 1. The average Bonchev–Trinajstić information content (AvgIpc) is 2.79. The number of carbonyl (C=O) groups excluding carboxylic acids is 3. The molecule has 0 aromatic heterocycles. The van der Waals surface area contributed by atoms with E-state index in [2.05, 4.69) is 16.6 Å². The van der Waals surface area contributed by atoms with Gasteiger partial charge in [-0.2, -0.15) is 13.2 Å². The summed E-state index contributed by atoms with van der Waals surface area (Å²) in [4.78, 5) is 35.3. The van der Waals surface area contributed by atoms with Crippen molar-refractivity contribution in [3.63, 3.8) is 0 Å². The standard InChI is InChI=1S/C15H19F3N2O4/c1-4-5-11-6-12(13(22)24-14(23)15(16,17)18)20(8-11)7-9(2)19-10(3)21/h4-5,11-12H,2,6-8H2,1,3H3,(H,19,21). The largest absolute Gasteiger partial charge is 0.491 e. The van der Waals surface area contributed by atoms with Crippen LogP contribution in [-0.4, -0.2) is 48.1 Å². The van der Waals surface area contributed by atoms with Crippen LogP contribution in [0.4, 0.5) is 13.2 Å². The molecule has 0 aromatic rings. The maximum atomic E-state index is 12.2. The fraction of sp³-hybridized carbons (Fsp3) is 0.533. The van der Waals surface area contributed by atoms with Gasteiger partial charge >= 0.3 is 18.1 Å². The van der Waals surface area contributed by atoms with Gasteiger partial charge in [-0.3, -0.25) is 9.69 Å². The zero-order valence-electron chi connectivity index (χ0n) is 13.4. The summed E-state index contributed by atoms with van der Waals surface area (Å²) in [6.45, 7) is 7.12. The molecule has 1 rings (SSSR count). The third kappa shape index (κ3) is 5.80. The van der Waals surface area contributed by atoms with Crippen LogP contribution in [0.3, 0.4) is 0 Å². The maximum absolute atomic E-state index is 12.2. The summed E-state index contributed by atoms with van der Waals surface area (Å²) >= 11 is 0. The molecule has 0 spiro atoms. The third-order valence-corrected chi connectivity index (χ3v) is 3.34. The Labute approximate surface area is 137 Å². The molecule has 1 saturated heterocycles. The van der Waals surface area contributed by atoms with Crippen LogP contribution in [0.5, 0.6) is 0 Å². The molecule has 1 amide bonds. The van der Waals surface area contributed by atoms with Gasteiger partial charge < -0.3 is 10.1 Å². The first kappa shape index (κ1) is 19.9. The molecular weight excluding hydrogens is 329 g/mol. The monoisotopic (exact) mass is 348 g/mol. The summed E-state index contributed by atoms with van der Waals surface area (Å²) in [5.41, 5.74) is 0.295. The number of esters is 2. The second kappa shape index (κ2) is 8.09. The fourth-order valence-corrected chi connectivity index (χ4v) is 2.52.